The first-order valence-corrected chi connectivity index (χ1v) is 7.11. The van der Waals surface area contributed by atoms with E-state index in [0.717, 1.165) is 19.0 Å². The van der Waals surface area contributed by atoms with E-state index in [4.69, 9.17) is 4.74 Å². The van der Waals surface area contributed by atoms with Crippen LogP contribution in [0.3, 0.4) is 0 Å². The lowest BCUT2D eigenvalue weighted by molar-refractivity contribution is -0.143. The smallest absolute Gasteiger partial charge is 0.324 e. The largest absolute Gasteiger partial charge is 0.468 e. The number of likely N-dealkylation sites (N-methyl/N-ethyl adjacent to an activating group) is 2. The van der Waals surface area contributed by atoms with E-state index in [9.17, 15) is 4.79 Å². The molecule has 1 aliphatic rings. The minimum Gasteiger partial charge on any atom is -0.468 e. The number of hydrogen-bond donors (Lipinski definition) is 1. The fraction of sp³-hybridized carbons (Fsp3) is 0.929. The Hall–Kier alpha value is -0.610. The number of carbonyl (C=O) groups excluding carboxylic acids is 1. The Kier molecular flexibility index (Phi) is 6.65. The number of esters is 1. The number of hydrogen-bond acceptors (Lipinski definition) is 4. The minimum atomic E-state index is -0.209. The first-order valence-electron chi connectivity index (χ1n) is 7.11. The van der Waals surface area contributed by atoms with Crippen LogP contribution in [0.2, 0.25) is 0 Å². The lowest BCUT2D eigenvalue weighted by atomic mass is 9.85. The van der Waals surface area contributed by atoms with Gasteiger partial charge in [0.05, 0.1) is 7.11 Å². The molecule has 1 fully saturated rings. The third kappa shape index (κ3) is 4.25. The molecule has 0 aromatic rings. The SMILES string of the molecule is CCNC(CN(C)C1CCCCC1C)C(=O)OC. The van der Waals surface area contributed by atoms with Crippen LogP contribution >= 0.6 is 0 Å². The second kappa shape index (κ2) is 7.74. The van der Waals surface area contributed by atoms with Crippen LogP contribution in [0.25, 0.3) is 0 Å². The highest BCUT2D eigenvalue weighted by Gasteiger charge is 2.28. The van der Waals surface area contributed by atoms with Crippen LogP contribution in [0, 0.1) is 5.92 Å². The highest BCUT2D eigenvalue weighted by Crippen LogP contribution is 2.27. The molecule has 0 amide bonds. The van der Waals surface area contributed by atoms with Gasteiger partial charge in [0.1, 0.15) is 6.04 Å². The van der Waals surface area contributed by atoms with Crippen LogP contribution < -0.4 is 5.32 Å². The first kappa shape index (κ1) is 15.4. The Balaban J connectivity index is 2.53. The van der Waals surface area contributed by atoms with Gasteiger partial charge in [-0.05, 0) is 32.4 Å². The quantitative estimate of drug-likeness (QED) is 0.734. The van der Waals surface area contributed by atoms with Gasteiger partial charge in [-0.25, -0.2) is 0 Å². The number of nitrogens with zero attached hydrogens (tertiary/aromatic N) is 1. The van der Waals surface area contributed by atoms with E-state index in [0.29, 0.717) is 6.04 Å². The molecule has 1 N–H and O–H groups in total. The third-order valence-corrected chi connectivity index (χ3v) is 4.04. The summed E-state index contributed by atoms with van der Waals surface area (Å²) in [5, 5.41) is 3.20. The molecule has 1 rings (SSSR count). The van der Waals surface area contributed by atoms with E-state index in [1.165, 1.54) is 32.8 Å². The monoisotopic (exact) mass is 256 g/mol. The molecule has 18 heavy (non-hydrogen) atoms. The van der Waals surface area contributed by atoms with E-state index < -0.39 is 0 Å². The molecular weight excluding hydrogens is 228 g/mol. The molecule has 0 spiro atoms. The molecule has 4 nitrogen and oxygen atoms in total. The topological polar surface area (TPSA) is 41.6 Å². The minimum absolute atomic E-state index is 0.160. The molecule has 0 aromatic heterocycles. The molecule has 0 saturated heterocycles. The Morgan fingerprint density at radius 3 is 2.67 bits per heavy atom. The molecule has 0 heterocycles. The second-order valence-electron chi connectivity index (χ2n) is 5.40. The van der Waals surface area contributed by atoms with Crippen molar-refractivity contribution < 1.29 is 9.53 Å². The number of carbonyl (C=O) groups is 1. The van der Waals surface area contributed by atoms with Crippen molar-refractivity contribution >= 4 is 5.97 Å². The zero-order valence-electron chi connectivity index (χ0n) is 12.2. The standard InChI is InChI=1S/C14H28N2O2/c1-5-15-12(14(17)18-4)10-16(3)13-9-7-6-8-11(13)2/h11-13,15H,5-10H2,1-4H3. The summed E-state index contributed by atoms with van der Waals surface area (Å²) in [6, 6.07) is 0.392. The summed E-state index contributed by atoms with van der Waals surface area (Å²) < 4.78 is 4.85. The van der Waals surface area contributed by atoms with E-state index >= 15 is 0 Å². The fourth-order valence-corrected chi connectivity index (χ4v) is 2.99. The van der Waals surface area contributed by atoms with Crippen molar-refractivity contribution in [3.63, 3.8) is 0 Å². The molecular formula is C14H28N2O2. The van der Waals surface area contributed by atoms with Gasteiger partial charge in [-0.3, -0.25) is 4.79 Å². The fourth-order valence-electron chi connectivity index (χ4n) is 2.99. The van der Waals surface area contributed by atoms with Crippen molar-refractivity contribution in [2.75, 3.05) is 27.2 Å². The van der Waals surface area contributed by atoms with Crippen LogP contribution in [-0.2, 0) is 9.53 Å². The van der Waals surface area contributed by atoms with Gasteiger partial charge in [0.2, 0.25) is 0 Å². The number of nitrogens with one attached hydrogen (secondary N) is 1. The maximum Gasteiger partial charge on any atom is 0.324 e. The second-order valence-corrected chi connectivity index (χ2v) is 5.40. The van der Waals surface area contributed by atoms with Crippen LogP contribution in [0.5, 0.6) is 0 Å². The van der Waals surface area contributed by atoms with Crippen LogP contribution in [0.15, 0.2) is 0 Å². The van der Waals surface area contributed by atoms with Gasteiger partial charge in [0.15, 0.2) is 0 Å². The maximum atomic E-state index is 11.7. The number of rotatable bonds is 6. The lowest BCUT2D eigenvalue weighted by Gasteiger charge is -2.37. The predicted octanol–water partition coefficient (Wildman–Crippen LogP) is 1.65. The van der Waals surface area contributed by atoms with E-state index in [2.05, 4.69) is 24.2 Å². The summed E-state index contributed by atoms with van der Waals surface area (Å²) in [4.78, 5) is 14.0. The number of methoxy groups -OCH3 is 1. The van der Waals surface area contributed by atoms with Gasteiger partial charge in [-0.15, -0.1) is 0 Å². The molecule has 1 saturated carbocycles. The summed E-state index contributed by atoms with van der Waals surface area (Å²) >= 11 is 0. The van der Waals surface area contributed by atoms with E-state index in [1.807, 2.05) is 6.92 Å². The molecule has 3 atom stereocenters. The van der Waals surface area contributed by atoms with Gasteiger partial charge < -0.3 is 15.0 Å². The molecule has 4 heteroatoms. The molecule has 0 radical (unpaired) electrons. The van der Waals surface area contributed by atoms with Gasteiger partial charge >= 0.3 is 5.97 Å². The van der Waals surface area contributed by atoms with Crippen molar-refractivity contribution in [3.05, 3.63) is 0 Å². The van der Waals surface area contributed by atoms with Crippen molar-refractivity contribution in [2.45, 2.75) is 51.6 Å². The highest BCUT2D eigenvalue weighted by atomic mass is 16.5. The van der Waals surface area contributed by atoms with E-state index in [-0.39, 0.29) is 12.0 Å². The summed E-state index contributed by atoms with van der Waals surface area (Å²) in [6.07, 6.45) is 5.21. The summed E-state index contributed by atoms with van der Waals surface area (Å²) in [7, 11) is 3.58. The van der Waals surface area contributed by atoms with Crippen molar-refractivity contribution in [3.8, 4) is 0 Å². The van der Waals surface area contributed by atoms with Gasteiger partial charge in [-0.2, -0.15) is 0 Å². The predicted molar refractivity (Wildman–Crippen MR) is 73.5 cm³/mol. The zero-order valence-corrected chi connectivity index (χ0v) is 12.2. The Bertz CT molecular complexity index is 258. The molecule has 0 bridgehead atoms. The van der Waals surface area contributed by atoms with E-state index in [1.54, 1.807) is 0 Å². The Morgan fingerprint density at radius 2 is 2.11 bits per heavy atom. The normalized spacial score (nSPS) is 26.1. The molecule has 3 unspecified atom stereocenters. The van der Waals surface area contributed by atoms with Crippen LogP contribution in [0.4, 0.5) is 0 Å². The van der Waals surface area contributed by atoms with Crippen molar-refractivity contribution in [1.82, 2.24) is 10.2 Å². The highest BCUT2D eigenvalue weighted by molar-refractivity contribution is 5.75. The van der Waals surface area contributed by atoms with Gasteiger partial charge in [0.25, 0.3) is 0 Å². The molecule has 0 aromatic carbocycles. The summed E-state index contributed by atoms with van der Waals surface area (Å²) in [5.74, 6) is 0.566. The molecule has 0 aliphatic heterocycles. The third-order valence-electron chi connectivity index (χ3n) is 4.04. The van der Waals surface area contributed by atoms with Crippen molar-refractivity contribution in [2.24, 2.45) is 5.92 Å². The lowest BCUT2D eigenvalue weighted by Crippen LogP contribution is -2.50. The van der Waals surface area contributed by atoms with Crippen LogP contribution in [0.1, 0.15) is 39.5 Å². The van der Waals surface area contributed by atoms with Gasteiger partial charge in [-0.1, -0.05) is 26.7 Å². The molecule has 106 valence electrons. The Labute approximate surface area is 111 Å². The van der Waals surface area contributed by atoms with Crippen LogP contribution in [-0.4, -0.2) is 50.2 Å². The maximum absolute atomic E-state index is 11.7. The van der Waals surface area contributed by atoms with Crippen molar-refractivity contribution in [1.29, 1.82) is 0 Å². The first-order chi connectivity index (χ1) is 8.60. The Morgan fingerprint density at radius 1 is 1.44 bits per heavy atom. The summed E-state index contributed by atoms with van der Waals surface area (Å²) in [6.45, 7) is 5.85. The van der Waals surface area contributed by atoms with Gasteiger partial charge in [0, 0.05) is 12.6 Å². The average molecular weight is 256 g/mol. The average Bonchev–Trinajstić information content (AvgIpc) is 2.37. The number of ether oxygens (including phenoxy) is 1. The zero-order chi connectivity index (χ0) is 13.5. The molecule has 1 aliphatic carbocycles. The summed E-state index contributed by atoms with van der Waals surface area (Å²) in [5.41, 5.74) is 0.